The molecular formula is C14H19NO5. The molecule has 0 saturated heterocycles. The Morgan fingerprint density at radius 1 is 1.30 bits per heavy atom. The highest BCUT2D eigenvalue weighted by Gasteiger charge is 2.19. The van der Waals surface area contributed by atoms with Crippen molar-refractivity contribution in [2.24, 2.45) is 0 Å². The van der Waals surface area contributed by atoms with Gasteiger partial charge in [-0.2, -0.15) is 0 Å². The summed E-state index contributed by atoms with van der Waals surface area (Å²) in [5.41, 5.74) is 2.17. The molecule has 0 fully saturated rings. The highest BCUT2D eigenvalue weighted by atomic mass is 16.5. The van der Waals surface area contributed by atoms with Crippen LogP contribution in [0, 0.1) is 13.8 Å². The highest BCUT2D eigenvalue weighted by molar-refractivity contribution is 5.84. The van der Waals surface area contributed by atoms with E-state index in [1.165, 1.54) is 0 Å². The quantitative estimate of drug-likeness (QED) is 0.681. The lowest BCUT2D eigenvalue weighted by molar-refractivity contribution is -0.142. The van der Waals surface area contributed by atoms with Gasteiger partial charge in [0.2, 0.25) is 0 Å². The number of benzene rings is 1. The lowest BCUT2D eigenvalue weighted by Crippen LogP contribution is -2.43. The van der Waals surface area contributed by atoms with Crippen LogP contribution in [0.5, 0.6) is 5.75 Å². The van der Waals surface area contributed by atoms with E-state index in [0.29, 0.717) is 5.75 Å². The number of hydrogen-bond donors (Lipinski definition) is 3. The van der Waals surface area contributed by atoms with Crippen LogP contribution in [0.2, 0.25) is 0 Å². The first-order valence-corrected chi connectivity index (χ1v) is 6.27. The van der Waals surface area contributed by atoms with E-state index in [1.54, 1.807) is 6.07 Å². The summed E-state index contributed by atoms with van der Waals surface area (Å²) in [6.07, 6.45) is -0.0370. The van der Waals surface area contributed by atoms with Crippen LogP contribution < -0.4 is 10.1 Å². The van der Waals surface area contributed by atoms with Crippen LogP contribution in [0.25, 0.3) is 0 Å². The molecule has 20 heavy (non-hydrogen) atoms. The fourth-order valence-corrected chi connectivity index (χ4v) is 1.58. The Morgan fingerprint density at radius 3 is 2.55 bits per heavy atom. The minimum Gasteiger partial charge on any atom is -0.484 e. The third-order valence-electron chi connectivity index (χ3n) is 2.90. The third kappa shape index (κ3) is 4.89. The number of nitrogens with one attached hydrogen (secondary N) is 1. The Hall–Kier alpha value is -2.08. The number of carbonyl (C=O) groups is 2. The molecule has 0 heterocycles. The summed E-state index contributed by atoms with van der Waals surface area (Å²) in [5.74, 6) is -1.17. The minimum atomic E-state index is -1.18. The van der Waals surface area contributed by atoms with E-state index in [9.17, 15) is 9.59 Å². The first-order valence-electron chi connectivity index (χ1n) is 6.27. The SMILES string of the molecule is Cc1ccc(OCC(=O)N[C@H](CCO)C(=O)O)cc1C. The maximum Gasteiger partial charge on any atom is 0.326 e. The van der Waals surface area contributed by atoms with Gasteiger partial charge in [0, 0.05) is 13.0 Å². The molecule has 6 nitrogen and oxygen atoms in total. The van der Waals surface area contributed by atoms with Crippen molar-refractivity contribution < 1.29 is 24.5 Å². The number of aliphatic hydroxyl groups excluding tert-OH is 1. The van der Waals surface area contributed by atoms with Crippen molar-refractivity contribution in [1.82, 2.24) is 5.32 Å². The largest absolute Gasteiger partial charge is 0.484 e. The number of aryl methyl sites for hydroxylation is 2. The molecule has 110 valence electrons. The van der Waals surface area contributed by atoms with Crippen LogP contribution in [0.3, 0.4) is 0 Å². The average molecular weight is 281 g/mol. The molecule has 1 aromatic rings. The van der Waals surface area contributed by atoms with Gasteiger partial charge in [-0.3, -0.25) is 4.79 Å². The maximum atomic E-state index is 11.6. The third-order valence-corrected chi connectivity index (χ3v) is 2.90. The summed E-state index contributed by atoms with van der Waals surface area (Å²) in [7, 11) is 0. The predicted molar refractivity (Wildman–Crippen MR) is 72.7 cm³/mol. The van der Waals surface area contributed by atoms with E-state index < -0.39 is 17.9 Å². The van der Waals surface area contributed by atoms with Gasteiger partial charge in [-0.25, -0.2) is 4.79 Å². The van der Waals surface area contributed by atoms with E-state index >= 15 is 0 Å². The summed E-state index contributed by atoms with van der Waals surface area (Å²) in [6, 6.07) is 4.34. The number of carbonyl (C=O) groups excluding carboxylic acids is 1. The lowest BCUT2D eigenvalue weighted by Gasteiger charge is -2.14. The first kappa shape index (κ1) is 16.0. The monoisotopic (exact) mass is 281 g/mol. The molecule has 0 aliphatic rings. The molecule has 1 atom stereocenters. The number of aliphatic carboxylic acids is 1. The zero-order valence-electron chi connectivity index (χ0n) is 11.5. The Balaban J connectivity index is 2.50. The van der Waals surface area contributed by atoms with Gasteiger partial charge in [-0.05, 0) is 37.1 Å². The lowest BCUT2D eigenvalue weighted by atomic mass is 10.1. The molecule has 1 amide bonds. The molecule has 0 bridgehead atoms. The number of carboxylic acid groups (broad SMARTS) is 1. The molecule has 0 radical (unpaired) electrons. The Labute approximate surface area is 117 Å². The highest BCUT2D eigenvalue weighted by Crippen LogP contribution is 2.16. The van der Waals surface area contributed by atoms with Crippen molar-refractivity contribution in [3.05, 3.63) is 29.3 Å². The molecule has 0 aliphatic carbocycles. The Kier molecular flexibility index (Phi) is 5.99. The fraction of sp³-hybridized carbons (Fsp3) is 0.429. The van der Waals surface area contributed by atoms with Crippen LogP contribution >= 0.6 is 0 Å². The number of amides is 1. The van der Waals surface area contributed by atoms with Gasteiger partial charge in [0.05, 0.1) is 0 Å². The minimum absolute atomic E-state index is 0.0370. The molecule has 1 rings (SSSR count). The number of carboxylic acids is 1. The van der Waals surface area contributed by atoms with Gasteiger partial charge >= 0.3 is 5.97 Å². The zero-order chi connectivity index (χ0) is 15.1. The van der Waals surface area contributed by atoms with Crippen LogP contribution in [0.4, 0.5) is 0 Å². The van der Waals surface area contributed by atoms with Crippen molar-refractivity contribution in [3.63, 3.8) is 0 Å². The second-order valence-corrected chi connectivity index (χ2v) is 4.51. The molecule has 0 saturated carbocycles. The zero-order valence-corrected chi connectivity index (χ0v) is 11.5. The molecule has 0 unspecified atom stereocenters. The normalized spacial score (nSPS) is 11.8. The predicted octanol–water partition coefficient (Wildman–Crippen LogP) is 0.634. The van der Waals surface area contributed by atoms with Crippen molar-refractivity contribution in [2.45, 2.75) is 26.3 Å². The van der Waals surface area contributed by atoms with Crippen LogP contribution in [0.1, 0.15) is 17.5 Å². The smallest absolute Gasteiger partial charge is 0.326 e. The van der Waals surface area contributed by atoms with Crippen LogP contribution in [-0.2, 0) is 9.59 Å². The van der Waals surface area contributed by atoms with E-state index in [4.69, 9.17) is 14.9 Å². The Morgan fingerprint density at radius 2 is 2.00 bits per heavy atom. The number of hydrogen-bond acceptors (Lipinski definition) is 4. The maximum absolute atomic E-state index is 11.6. The second-order valence-electron chi connectivity index (χ2n) is 4.51. The van der Waals surface area contributed by atoms with E-state index in [2.05, 4.69) is 5.32 Å². The van der Waals surface area contributed by atoms with Gasteiger partial charge in [0.1, 0.15) is 11.8 Å². The topological polar surface area (TPSA) is 95.9 Å². The van der Waals surface area contributed by atoms with Crippen LogP contribution in [-0.4, -0.2) is 41.3 Å². The van der Waals surface area contributed by atoms with Crippen molar-refractivity contribution >= 4 is 11.9 Å². The molecule has 0 spiro atoms. The summed E-state index contributed by atoms with van der Waals surface area (Å²) in [5, 5.41) is 19.8. The molecule has 6 heteroatoms. The van der Waals surface area contributed by atoms with Crippen molar-refractivity contribution in [2.75, 3.05) is 13.2 Å². The van der Waals surface area contributed by atoms with Crippen molar-refractivity contribution in [3.8, 4) is 5.75 Å². The standard InChI is InChI=1S/C14H19NO5/c1-9-3-4-11(7-10(9)2)20-8-13(17)15-12(5-6-16)14(18)19/h3-4,7,12,16H,5-6,8H2,1-2H3,(H,15,17)(H,18,19)/t12-/m1/s1. The van der Waals surface area contributed by atoms with E-state index in [1.807, 2.05) is 26.0 Å². The summed E-state index contributed by atoms with van der Waals surface area (Å²) in [6.45, 7) is 3.33. The van der Waals surface area contributed by atoms with E-state index in [0.717, 1.165) is 11.1 Å². The molecule has 1 aromatic carbocycles. The first-order chi connectivity index (χ1) is 9.43. The second kappa shape index (κ2) is 7.49. The van der Waals surface area contributed by atoms with Crippen molar-refractivity contribution in [1.29, 1.82) is 0 Å². The molecule has 0 aromatic heterocycles. The fourth-order valence-electron chi connectivity index (χ4n) is 1.58. The van der Waals surface area contributed by atoms with Gasteiger partial charge in [-0.1, -0.05) is 6.07 Å². The number of ether oxygens (including phenoxy) is 1. The average Bonchev–Trinajstić information content (AvgIpc) is 2.39. The number of aliphatic hydroxyl groups is 1. The number of rotatable bonds is 7. The molecule has 3 N–H and O–H groups in total. The van der Waals surface area contributed by atoms with E-state index in [-0.39, 0.29) is 19.6 Å². The van der Waals surface area contributed by atoms with Gasteiger partial charge in [0.25, 0.3) is 5.91 Å². The summed E-state index contributed by atoms with van der Waals surface area (Å²) < 4.78 is 5.29. The summed E-state index contributed by atoms with van der Waals surface area (Å²) in [4.78, 5) is 22.4. The van der Waals surface area contributed by atoms with Gasteiger partial charge in [0.15, 0.2) is 6.61 Å². The molecule has 0 aliphatic heterocycles. The Bertz CT molecular complexity index is 486. The van der Waals surface area contributed by atoms with Gasteiger partial charge in [-0.15, -0.1) is 0 Å². The van der Waals surface area contributed by atoms with Crippen LogP contribution in [0.15, 0.2) is 18.2 Å². The van der Waals surface area contributed by atoms with Gasteiger partial charge < -0.3 is 20.3 Å². The summed E-state index contributed by atoms with van der Waals surface area (Å²) >= 11 is 0. The molecular weight excluding hydrogens is 262 g/mol.